The second-order valence-corrected chi connectivity index (χ2v) is 5.72. The molecule has 0 bridgehead atoms. The van der Waals surface area contributed by atoms with Crippen molar-refractivity contribution in [3.63, 3.8) is 0 Å². The summed E-state index contributed by atoms with van der Waals surface area (Å²) < 4.78 is 0. The lowest BCUT2D eigenvalue weighted by atomic mass is 10.0. The van der Waals surface area contributed by atoms with Crippen LogP contribution in [-0.4, -0.2) is 21.4 Å². The summed E-state index contributed by atoms with van der Waals surface area (Å²) in [6.07, 6.45) is 12.3. The first-order valence-electron chi connectivity index (χ1n) is 6.57. The molecular weight excluding hydrogens is 188 g/mol. The summed E-state index contributed by atoms with van der Waals surface area (Å²) in [6.45, 7) is 0. The first kappa shape index (κ1) is 11.4. The van der Waals surface area contributed by atoms with Gasteiger partial charge in [0.05, 0.1) is 11.2 Å². The van der Waals surface area contributed by atoms with Gasteiger partial charge in [-0.1, -0.05) is 32.1 Å². The van der Waals surface area contributed by atoms with Crippen molar-refractivity contribution < 1.29 is 10.2 Å². The zero-order valence-electron chi connectivity index (χ0n) is 9.67. The standard InChI is InChI=1S/C13H24O2/c14-12(8-9-12)6-4-2-1-3-5-7-13(15)10-11-13/h14-15H,1-11H2. The summed E-state index contributed by atoms with van der Waals surface area (Å²) in [6, 6.07) is 0. The third-order valence-electron chi connectivity index (χ3n) is 3.94. The van der Waals surface area contributed by atoms with Crippen molar-refractivity contribution in [2.24, 2.45) is 0 Å². The molecule has 0 saturated heterocycles. The van der Waals surface area contributed by atoms with Crippen LogP contribution in [0.5, 0.6) is 0 Å². The molecule has 0 aromatic carbocycles. The second kappa shape index (κ2) is 4.42. The molecule has 2 heteroatoms. The van der Waals surface area contributed by atoms with Crippen LogP contribution in [0, 0.1) is 0 Å². The van der Waals surface area contributed by atoms with Crippen LogP contribution < -0.4 is 0 Å². The van der Waals surface area contributed by atoms with Crippen molar-refractivity contribution in [3.8, 4) is 0 Å². The molecule has 88 valence electrons. The highest BCUT2D eigenvalue weighted by Crippen LogP contribution is 2.40. The fourth-order valence-corrected chi connectivity index (χ4v) is 2.23. The Morgan fingerprint density at radius 2 is 0.933 bits per heavy atom. The molecule has 2 N–H and O–H groups in total. The summed E-state index contributed by atoms with van der Waals surface area (Å²) in [5.41, 5.74) is -0.494. The van der Waals surface area contributed by atoms with Crippen LogP contribution in [0.2, 0.25) is 0 Å². The molecule has 0 aromatic heterocycles. The molecule has 0 aromatic rings. The Bertz CT molecular complexity index is 183. The van der Waals surface area contributed by atoms with Gasteiger partial charge in [0.2, 0.25) is 0 Å². The van der Waals surface area contributed by atoms with E-state index in [2.05, 4.69) is 0 Å². The van der Waals surface area contributed by atoms with Gasteiger partial charge >= 0.3 is 0 Å². The molecule has 2 fully saturated rings. The van der Waals surface area contributed by atoms with Crippen molar-refractivity contribution >= 4 is 0 Å². The largest absolute Gasteiger partial charge is 0.390 e. The highest BCUT2D eigenvalue weighted by Gasteiger charge is 2.39. The minimum absolute atomic E-state index is 0.247. The Labute approximate surface area is 92.7 Å². The molecular formula is C13H24O2. The molecule has 0 radical (unpaired) electrons. The van der Waals surface area contributed by atoms with E-state index in [1.165, 1.54) is 32.1 Å². The van der Waals surface area contributed by atoms with Crippen LogP contribution >= 0.6 is 0 Å². The average Bonchev–Trinajstić information content (AvgIpc) is 3.08. The maximum atomic E-state index is 9.61. The molecule has 0 heterocycles. The van der Waals surface area contributed by atoms with Crippen LogP contribution in [-0.2, 0) is 0 Å². The van der Waals surface area contributed by atoms with E-state index < -0.39 is 0 Å². The first-order valence-corrected chi connectivity index (χ1v) is 6.57. The van der Waals surface area contributed by atoms with Crippen molar-refractivity contribution in [1.29, 1.82) is 0 Å². The van der Waals surface area contributed by atoms with Gasteiger partial charge in [0, 0.05) is 0 Å². The van der Waals surface area contributed by atoms with Crippen LogP contribution in [0.15, 0.2) is 0 Å². The summed E-state index contributed by atoms with van der Waals surface area (Å²) >= 11 is 0. The van der Waals surface area contributed by atoms with Crippen molar-refractivity contribution in [1.82, 2.24) is 0 Å². The maximum Gasteiger partial charge on any atom is 0.0650 e. The number of rotatable bonds is 8. The lowest BCUT2D eigenvalue weighted by Crippen LogP contribution is -2.06. The molecule has 15 heavy (non-hydrogen) atoms. The number of hydrogen-bond acceptors (Lipinski definition) is 2. The minimum Gasteiger partial charge on any atom is -0.390 e. The van der Waals surface area contributed by atoms with E-state index in [0.717, 1.165) is 38.5 Å². The Kier molecular flexibility index (Phi) is 3.36. The van der Waals surface area contributed by atoms with Gasteiger partial charge in [-0.05, 0) is 38.5 Å². The fraction of sp³-hybridized carbons (Fsp3) is 1.00. The number of aliphatic hydroxyl groups is 2. The fourth-order valence-electron chi connectivity index (χ4n) is 2.23. The highest BCUT2D eigenvalue weighted by atomic mass is 16.3. The zero-order chi connectivity index (χ0) is 10.8. The average molecular weight is 212 g/mol. The Balaban J connectivity index is 1.36. The Morgan fingerprint density at radius 1 is 0.600 bits per heavy atom. The van der Waals surface area contributed by atoms with Gasteiger partial charge in [0.1, 0.15) is 0 Å². The summed E-state index contributed by atoms with van der Waals surface area (Å²) in [5.74, 6) is 0. The Hall–Kier alpha value is -0.0800. The van der Waals surface area contributed by atoms with Gasteiger partial charge in [0.25, 0.3) is 0 Å². The quantitative estimate of drug-likeness (QED) is 0.607. The van der Waals surface area contributed by atoms with E-state index in [4.69, 9.17) is 0 Å². The normalized spacial score (nSPS) is 25.2. The van der Waals surface area contributed by atoms with Crippen molar-refractivity contribution in [2.75, 3.05) is 0 Å². The third kappa shape index (κ3) is 4.12. The molecule has 0 unspecified atom stereocenters. The monoisotopic (exact) mass is 212 g/mol. The van der Waals surface area contributed by atoms with Crippen molar-refractivity contribution in [2.45, 2.75) is 81.8 Å². The van der Waals surface area contributed by atoms with Crippen molar-refractivity contribution in [3.05, 3.63) is 0 Å². The topological polar surface area (TPSA) is 40.5 Å². The van der Waals surface area contributed by atoms with Crippen LogP contribution in [0.1, 0.15) is 70.6 Å². The smallest absolute Gasteiger partial charge is 0.0650 e. The van der Waals surface area contributed by atoms with E-state index in [1.54, 1.807) is 0 Å². The highest BCUT2D eigenvalue weighted by molar-refractivity contribution is 4.93. The molecule has 2 aliphatic rings. The lowest BCUT2D eigenvalue weighted by Gasteiger charge is -2.08. The molecule has 0 aliphatic heterocycles. The minimum atomic E-state index is -0.247. The number of hydrogen-bond donors (Lipinski definition) is 2. The molecule has 0 atom stereocenters. The molecule has 0 spiro atoms. The lowest BCUT2D eigenvalue weighted by molar-refractivity contribution is 0.134. The van der Waals surface area contributed by atoms with E-state index >= 15 is 0 Å². The van der Waals surface area contributed by atoms with Gasteiger partial charge in [0.15, 0.2) is 0 Å². The number of unbranched alkanes of at least 4 members (excludes halogenated alkanes) is 4. The van der Waals surface area contributed by atoms with E-state index in [-0.39, 0.29) is 11.2 Å². The first-order chi connectivity index (χ1) is 7.12. The van der Waals surface area contributed by atoms with Gasteiger partial charge in [-0.25, -0.2) is 0 Å². The molecule has 2 nitrogen and oxygen atoms in total. The predicted octanol–water partition coefficient (Wildman–Crippen LogP) is 2.77. The molecule has 2 saturated carbocycles. The van der Waals surface area contributed by atoms with Crippen LogP contribution in [0.4, 0.5) is 0 Å². The van der Waals surface area contributed by atoms with Crippen LogP contribution in [0.25, 0.3) is 0 Å². The van der Waals surface area contributed by atoms with Crippen LogP contribution in [0.3, 0.4) is 0 Å². The summed E-state index contributed by atoms with van der Waals surface area (Å²) in [4.78, 5) is 0. The van der Waals surface area contributed by atoms with Gasteiger partial charge < -0.3 is 10.2 Å². The van der Waals surface area contributed by atoms with E-state index in [9.17, 15) is 10.2 Å². The predicted molar refractivity (Wildman–Crippen MR) is 60.7 cm³/mol. The maximum absolute atomic E-state index is 9.61. The van der Waals surface area contributed by atoms with E-state index in [0.29, 0.717) is 0 Å². The molecule has 0 amide bonds. The molecule has 2 rings (SSSR count). The zero-order valence-corrected chi connectivity index (χ0v) is 9.67. The third-order valence-corrected chi connectivity index (χ3v) is 3.94. The van der Waals surface area contributed by atoms with E-state index in [1.807, 2.05) is 0 Å². The van der Waals surface area contributed by atoms with Gasteiger partial charge in [-0.15, -0.1) is 0 Å². The molecule has 2 aliphatic carbocycles. The second-order valence-electron chi connectivity index (χ2n) is 5.72. The summed E-state index contributed by atoms with van der Waals surface area (Å²) in [7, 11) is 0. The Morgan fingerprint density at radius 3 is 1.27 bits per heavy atom. The SMILES string of the molecule is OC1(CCCCCCCC2(O)CC2)CC1. The van der Waals surface area contributed by atoms with Gasteiger partial charge in [-0.3, -0.25) is 0 Å². The van der Waals surface area contributed by atoms with Gasteiger partial charge in [-0.2, -0.15) is 0 Å². The summed E-state index contributed by atoms with van der Waals surface area (Å²) in [5, 5.41) is 19.2.